The molecule has 0 radical (unpaired) electrons. The third kappa shape index (κ3) is 6.13. The smallest absolute Gasteiger partial charge is 0.387 e. The molecule has 1 fully saturated rings. The normalized spacial score (nSPS) is 14.6. The number of nitrogens with two attached hydrogens (primary N) is 1. The number of pyridine rings is 1. The van der Waals surface area contributed by atoms with Crippen LogP contribution >= 0.6 is 0 Å². The van der Waals surface area contributed by atoms with Crippen molar-refractivity contribution in [3.8, 4) is 5.75 Å². The van der Waals surface area contributed by atoms with Gasteiger partial charge in [-0.3, -0.25) is 4.79 Å². The predicted octanol–water partition coefficient (Wildman–Crippen LogP) is 4.23. The highest BCUT2D eigenvalue weighted by Gasteiger charge is 2.27. The van der Waals surface area contributed by atoms with E-state index in [0.29, 0.717) is 31.6 Å². The molecule has 0 bridgehead atoms. The molecule has 2 heterocycles. The van der Waals surface area contributed by atoms with Crippen LogP contribution in [0, 0.1) is 5.82 Å². The van der Waals surface area contributed by atoms with Crippen LogP contribution in [0.4, 0.5) is 24.5 Å². The number of primary sulfonamides is 1. The van der Waals surface area contributed by atoms with Gasteiger partial charge in [-0.05, 0) is 60.7 Å². The molecule has 3 N–H and O–H groups in total. The first-order valence-corrected chi connectivity index (χ1v) is 12.5. The second kappa shape index (κ2) is 10.5. The predicted molar refractivity (Wildman–Crippen MR) is 126 cm³/mol. The van der Waals surface area contributed by atoms with Crippen LogP contribution in [0.2, 0.25) is 0 Å². The number of aromatic nitrogens is 1. The maximum Gasteiger partial charge on any atom is 0.387 e. The molecule has 0 saturated carbocycles. The van der Waals surface area contributed by atoms with Crippen molar-refractivity contribution in [2.24, 2.45) is 5.14 Å². The van der Waals surface area contributed by atoms with Crippen molar-refractivity contribution in [1.29, 1.82) is 0 Å². The van der Waals surface area contributed by atoms with Crippen LogP contribution in [0.1, 0.15) is 34.7 Å². The number of nitrogens with one attached hydrogen (secondary N) is 1. The van der Waals surface area contributed by atoms with Gasteiger partial charge in [0.15, 0.2) is 5.03 Å². The van der Waals surface area contributed by atoms with Crippen LogP contribution in [0.25, 0.3) is 0 Å². The maximum atomic E-state index is 13.3. The highest BCUT2D eigenvalue weighted by atomic mass is 32.2. The molecule has 1 aliphatic heterocycles. The molecule has 3 aromatic rings. The molecular formula is C24H23F3N4O4S. The minimum atomic E-state index is -4.15. The molecule has 1 aromatic heterocycles. The van der Waals surface area contributed by atoms with Gasteiger partial charge in [-0.1, -0.05) is 12.1 Å². The molecule has 1 saturated heterocycles. The number of halogens is 3. The SMILES string of the molecule is NS(=O)(=O)c1cc(Nc2ccc(OC(F)F)cc2)c(C(=O)N2CCC(c3ccc(F)cc3)CC2)cn1. The zero-order chi connectivity index (χ0) is 25.9. The first-order chi connectivity index (χ1) is 17.1. The standard InChI is InChI=1S/C24H23F3N4O4S/c25-17-3-1-15(2-4-17)16-9-11-31(12-10-16)23(32)20-14-29-22(36(28,33)34)13-21(20)30-18-5-7-19(8-6-18)35-24(26)27/h1-8,13-14,16,24H,9-12H2,(H,29,30)(H2,28,33,34). The highest BCUT2D eigenvalue weighted by Crippen LogP contribution is 2.31. The van der Waals surface area contributed by atoms with Gasteiger partial charge in [0.05, 0.1) is 11.3 Å². The molecular weight excluding hydrogens is 497 g/mol. The summed E-state index contributed by atoms with van der Waals surface area (Å²) in [6, 6.07) is 13.0. The number of carbonyl (C=O) groups excluding carboxylic acids is 1. The molecule has 36 heavy (non-hydrogen) atoms. The zero-order valence-electron chi connectivity index (χ0n) is 18.9. The fourth-order valence-electron chi connectivity index (χ4n) is 4.06. The zero-order valence-corrected chi connectivity index (χ0v) is 19.7. The Labute approximate surface area is 205 Å². The number of ether oxygens (including phenoxy) is 1. The lowest BCUT2D eigenvalue weighted by Gasteiger charge is -2.32. The van der Waals surface area contributed by atoms with Gasteiger partial charge < -0.3 is 15.0 Å². The van der Waals surface area contributed by atoms with Gasteiger partial charge in [-0.15, -0.1) is 0 Å². The monoisotopic (exact) mass is 520 g/mol. The Hall–Kier alpha value is -3.64. The first kappa shape index (κ1) is 25.5. The largest absolute Gasteiger partial charge is 0.435 e. The Morgan fingerprint density at radius 2 is 1.72 bits per heavy atom. The van der Waals surface area contributed by atoms with Crippen molar-refractivity contribution >= 4 is 27.3 Å². The minimum Gasteiger partial charge on any atom is -0.435 e. The summed E-state index contributed by atoms with van der Waals surface area (Å²) in [5, 5.41) is 7.71. The topological polar surface area (TPSA) is 115 Å². The van der Waals surface area contributed by atoms with E-state index in [1.54, 1.807) is 17.0 Å². The maximum absolute atomic E-state index is 13.3. The second-order valence-corrected chi connectivity index (χ2v) is 9.77. The number of hydrogen-bond donors (Lipinski definition) is 2. The van der Waals surface area contributed by atoms with Gasteiger partial charge in [0.25, 0.3) is 15.9 Å². The number of rotatable bonds is 7. The first-order valence-electron chi connectivity index (χ1n) is 11.0. The summed E-state index contributed by atoms with van der Waals surface area (Å²) in [6.45, 7) is -2.09. The molecule has 1 aliphatic rings. The Morgan fingerprint density at radius 3 is 2.31 bits per heavy atom. The van der Waals surface area contributed by atoms with Crippen molar-refractivity contribution in [3.63, 3.8) is 0 Å². The lowest BCUT2D eigenvalue weighted by Crippen LogP contribution is -2.38. The van der Waals surface area contributed by atoms with Crippen molar-refractivity contribution in [1.82, 2.24) is 9.88 Å². The summed E-state index contributed by atoms with van der Waals surface area (Å²) in [5.41, 5.74) is 1.66. The molecule has 4 rings (SSSR count). The molecule has 0 aliphatic carbocycles. The molecule has 0 spiro atoms. The fourth-order valence-corrected chi connectivity index (χ4v) is 4.54. The van der Waals surface area contributed by atoms with Gasteiger partial charge in [-0.2, -0.15) is 8.78 Å². The van der Waals surface area contributed by atoms with Gasteiger partial charge in [0.2, 0.25) is 0 Å². The Morgan fingerprint density at radius 1 is 1.08 bits per heavy atom. The lowest BCUT2D eigenvalue weighted by atomic mass is 9.89. The van der Waals surface area contributed by atoms with E-state index in [0.717, 1.165) is 17.8 Å². The number of sulfonamides is 1. The number of amides is 1. The third-order valence-corrected chi connectivity index (χ3v) is 6.69. The molecule has 1 amide bonds. The van der Waals surface area contributed by atoms with Gasteiger partial charge in [0, 0.05) is 31.0 Å². The second-order valence-electron chi connectivity index (χ2n) is 8.26. The van der Waals surface area contributed by atoms with Gasteiger partial charge >= 0.3 is 6.61 Å². The number of piperidine rings is 1. The van der Waals surface area contributed by atoms with Crippen LogP contribution in [0.3, 0.4) is 0 Å². The van der Waals surface area contributed by atoms with E-state index in [4.69, 9.17) is 5.14 Å². The van der Waals surface area contributed by atoms with E-state index in [1.807, 2.05) is 0 Å². The van der Waals surface area contributed by atoms with E-state index in [-0.39, 0.29) is 34.6 Å². The van der Waals surface area contributed by atoms with Crippen molar-refractivity contribution in [3.05, 3.63) is 77.7 Å². The van der Waals surface area contributed by atoms with E-state index >= 15 is 0 Å². The lowest BCUT2D eigenvalue weighted by molar-refractivity contribution is -0.0498. The van der Waals surface area contributed by atoms with E-state index in [9.17, 15) is 26.4 Å². The summed E-state index contributed by atoms with van der Waals surface area (Å²) in [6.07, 6.45) is 2.49. The molecule has 8 nitrogen and oxygen atoms in total. The van der Waals surface area contributed by atoms with Crippen molar-refractivity contribution < 1.29 is 31.1 Å². The van der Waals surface area contributed by atoms with Crippen molar-refractivity contribution in [2.45, 2.75) is 30.4 Å². The third-order valence-electron chi connectivity index (χ3n) is 5.88. The average Bonchev–Trinajstić information content (AvgIpc) is 2.84. The average molecular weight is 521 g/mol. The molecule has 0 atom stereocenters. The van der Waals surface area contributed by atoms with Gasteiger partial charge in [-0.25, -0.2) is 22.9 Å². The molecule has 0 unspecified atom stereocenters. The number of benzene rings is 2. The summed E-state index contributed by atoms with van der Waals surface area (Å²) in [7, 11) is -4.15. The van der Waals surface area contributed by atoms with Crippen LogP contribution in [0.15, 0.2) is 65.8 Å². The highest BCUT2D eigenvalue weighted by molar-refractivity contribution is 7.89. The summed E-state index contributed by atoms with van der Waals surface area (Å²) in [4.78, 5) is 18.8. The number of likely N-dealkylation sites (tertiary alicyclic amines) is 1. The van der Waals surface area contributed by atoms with Crippen LogP contribution in [-0.2, 0) is 10.0 Å². The minimum absolute atomic E-state index is 0.0594. The van der Waals surface area contributed by atoms with E-state index in [2.05, 4.69) is 15.0 Å². The van der Waals surface area contributed by atoms with Crippen LogP contribution in [-0.4, -0.2) is 43.9 Å². The fraction of sp³-hybridized carbons (Fsp3) is 0.250. The van der Waals surface area contributed by atoms with Gasteiger partial charge in [0.1, 0.15) is 11.6 Å². The molecule has 190 valence electrons. The quantitative estimate of drug-likeness (QED) is 0.482. The van der Waals surface area contributed by atoms with Crippen LogP contribution in [0.5, 0.6) is 5.75 Å². The number of carbonyl (C=O) groups is 1. The Bertz CT molecular complexity index is 1330. The molecule has 12 heteroatoms. The summed E-state index contributed by atoms with van der Waals surface area (Å²) in [5.74, 6) is -0.542. The van der Waals surface area contributed by atoms with E-state index < -0.39 is 21.7 Å². The van der Waals surface area contributed by atoms with Crippen molar-refractivity contribution in [2.75, 3.05) is 18.4 Å². The summed E-state index contributed by atoms with van der Waals surface area (Å²) < 4.78 is 66.1. The number of hydrogen-bond acceptors (Lipinski definition) is 6. The number of nitrogens with zero attached hydrogens (tertiary/aromatic N) is 2. The summed E-state index contributed by atoms with van der Waals surface area (Å²) >= 11 is 0. The van der Waals surface area contributed by atoms with Crippen LogP contribution < -0.4 is 15.2 Å². The molecule has 2 aromatic carbocycles. The Kier molecular flexibility index (Phi) is 7.45. The Balaban J connectivity index is 1.54. The number of alkyl halides is 2. The van der Waals surface area contributed by atoms with E-state index in [1.165, 1.54) is 36.4 Å². The number of anilines is 2.